The quantitative estimate of drug-likeness (QED) is 0.336. The Morgan fingerprint density at radius 3 is 1.19 bits per heavy atom. The Kier molecular flexibility index (Phi) is 28.1. The molecule has 0 amide bonds. The van der Waals surface area contributed by atoms with Gasteiger partial charge in [-0.1, -0.05) is 63.2 Å². The van der Waals surface area contributed by atoms with Crippen molar-refractivity contribution in [2.45, 2.75) is 64.5 Å². The van der Waals surface area contributed by atoms with E-state index in [0.717, 1.165) is 13.1 Å². The molecule has 4 nitrogen and oxygen atoms in total. The van der Waals surface area contributed by atoms with Gasteiger partial charge in [0.15, 0.2) is 0 Å². The summed E-state index contributed by atoms with van der Waals surface area (Å²) in [6.07, 6.45) is 8.07. The van der Waals surface area contributed by atoms with Crippen molar-refractivity contribution >= 4 is 25.3 Å². The van der Waals surface area contributed by atoms with Crippen LogP contribution in [0.15, 0.2) is 0 Å². The van der Waals surface area contributed by atoms with E-state index in [1.807, 2.05) is 0 Å². The molecule has 2 rings (SSSR count). The van der Waals surface area contributed by atoms with E-state index in [1.54, 1.807) is 0 Å². The first-order valence-corrected chi connectivity index (χ1v) is 7.79. The van der Waals surface area contributed by atoms with Crippen LogP contribution in [0.3, 0.4) is 0 Å². The predicted octanol–water partition coefficient (Wildman–Crippen LogP) is 3.89. The van der Waals surface area contributed by atoms with E-state index < -0.39 is 0 Å². The number of rotatable bonds is 0. The Hall–Kier alpha value is 0.262. The van der Waals surface area contributed by atoms with Crippen LogP contribution in [0.1, 0.15) is 52.4 Å². The van der Waals surface area contributed by atoms with Crippen molar-refractivity contribution in [2.24, 2.45) is 0 Å². The molecule has 2 unspecified atom stereocenters. The minimum Gasteiger partial charge on any atom is -0.696 e. The molecule has 0 N–H and O–H groups in total. The number of nitrogens with zero attached hydrogens (tertiary/aromatic N) is 4. The second-order valence-corrected chi connectivity index (χ2v) is 5.05. The maximum atomic E-state index is 7.13. The summed E-state index contributed by atoms with van der Waals surface area (Å²) in [5, 5.41) is 25.6. The molecule has 0 saturated carbocycles. The Morgan fingerprint density at radius 2 is 1.10 bits per heavy atom. The summed E-state index contributed by atoms with van der Waals surface area (Å²) in [5.74, 6) is 0. The summed E-state index contributed by atoms with van der Waals surface area (Å²) >= 11 is 7.40. The minimum absolute atomic E-state index is 0. The van der Waals surface area contributed by atoms with E-state index in [1.165, 1.54) is 49.3 Å². The fourth-order valence-electron chi connectivity index (χ4n) is 1.91. The molecule has 2 aliphatic heterocycles. The van der Waals surface area contributed by atoms with E-state index in [9.17, 15) is 0 Å². The molecule has 0 aromatic rings. The topological polar surface area (TPSA) is 75.8 Å². The van der Waals surface area contributed by atoms with Crippen molar-refractivity contribution in [1.82, 2.24) is 0 Å². The molecule has 0 bridgehead atoms. The summed E-state index contributed by atoms with van der Waals surface area (Å²) in [6.45, 7) is 6.61. The van der Waals surface area contributed by atoms with E-state index >= 15 is 0 Å². The van der Waals surface area contributed by atoms with Crippen molar-refractivity contribution in [3.63, 3.8) is 0 Å². The first-order chi connectivity index (χ1) is 9.62. The predicted molar refractivity (Wildman–Crippen MR) is 89.0 cm³/mol. The second kappa shape index (κ2) is 22.5. The van der Waals surface area contributed by atoms with Gasteiger partial charge in [0.25, 0.3) is 0 Å². The molecular weight excluding hydrogens is 401 g/mol. The average Bonchev–Trinajstić information content (AvgIpc) is 2.43. The summed E-state index contributed by atoms with van der Waals surface area (Å²) < 4.78 is 0. The van der Waals surface area contributed by atoms with Gasteiger partial charge in [0.05, 0.1) is 0 Å². The van der Waals surface area contributed by atoms with E-state index in [2.05, 4.69) is 49.7 Å². The monoisotopic (exact) mass is 426 g/mol. The summed E-state index contributed by atoms with van der Waals surface area (Å²) in [7, 11) is 0. The standard InChI is InChI=1S/2C6H12N.2CHNS.Cd/c2*1-6-4-2-3-5-7-6;2*2-1-3;/h2*6H,2-5H2,1H3;2*3H;/q2*-1;;;/p-2. The molecule has 2 heterocycles. The van der Waals surface area contributed by atoms with Gasteiger partial charge in [-0.3, -0.25) is 0 Å². The van der Waals surface area contributed by atoms with Crippen molar-refractivity contribution in [3.05, 3.63) is 10.6 Å². The van der Waals surface area contributed by atoms with E-state index in [0.29, 0.717) is 12.1 Å². The van der Waals surface area contributed by atoms with Crippen LogP contribution in [0.2, 0.25) is 0 Å². The molecule has 0 radical (unpaired) electrons. The Morgan fingerprint density at radius 1 is 0.810 bits per heavy atom. The number of thiocyanates is 2. The Labute approximate surface area is 161 Å². The van der Waals surface area contributed by atoms with Crippen LogP contribution in [0.25, 0.3) is 10.6 Å². The first kappa shape index (κ1) is 26.2. The molecule has 0 aliphatic carbocycles. The first-order valence-electron chi connectivity index (χ1n) is 6.98. The third-order valence-electron chi connectivity index (χ3n) is 2.94. The Balaban J connectivity index is -0.000000220. The molecule has 118 valence electrons. The van der Waals surface area contributed by atoms with Crippen LogP contribution >= 0.6 is 0 Å². The van der Waals surface area contributed by atoms with Gasteiger partial charge in [0, 0.05) is 27.3 Å². The number of hydrogen-bond acceptors (Lipinski definition) is 4. The summed E-state index contributed by atoms with van der Waals surface area (Å²) in [4.78, 5) is 0. The molecule has 0 aromatic heterocycles. The van der Waals surface area contributed by atoms with Gasteiger partial charge >= 0.3 is 0 Å². The number of hydrogen-bond donors (Lipinski definition) is 0. The average molecular weight is 425 g/mol. The van der Waals surface area contributed by atoms with E-state index in [-0.39, 0.29) is 27.3 Å². The van der Waals surface area contributed by atoms with Crippen LogP contribution in [0.5, 0.6) is 0 Å². The molecular formula is C14H24CdN4S2-4. The zero-order chi connectivity index (χ0) is 15.6. The molecule has 0 spiro atoms. The zero-order valence-electron chi connectivity index (χ0n) is 13.1. The van der Waals surface area contributed by atoms with Gasteiger partial charge in [-0.2, -0.15) is 0 Å². The molecule has 7 heteroatoms. The maximum Gasteiger partial charge on any atom is 0 e. The minimum atomic E-state index is 0. The summed E-state index contributed by atoms with van der Waals surface area (Å²) in [6, 6.07) is 1.32. The SMILES string of the molecule is CC1CCCC[N-]1.CC1CCCC[N-]1.N#C[S-].N#C[S-].[Cd]. The van der Waals surface area contributed by atoms with Crippen molar-refractivity contribution in [2.75, 3.05) is 13.1 Å². The normalized spacial score (nSPS) is 22.7. The van der Waals surface area contributed by atoms with E-state index in [4.69, 9.17) is 10.5 Å². The van der Waals surface area contributed by atoms with Crippen LogP contribution in [-0.2, 0) is 52.6 Å². The van der Waals surface area contributed by atoms with Gasteiger partial charge in [-0.25, -0.2) is 10.5 Å². The third kappa shape index (κ3) is 25.6. The van der Waals surface area contributed by atoms with Crippen molar-refractivity contribution in [3.8, 4) is 10.8 Å². The number of nitriles is 2. The van der Waals surface area contributed by atoms with Crippen LogP contribution in [-0.4, -0.2) is 25.2 Å². The molecule has 2 aliphatic rings. The Bertz CT molecular complexity index is 239. The second-order valence-electron chi connectivity index (χ2n) is 4.68. The van der Waals surface area contributed by atoms with Crippen LogP contribution in [0.4, 0.5) is 0 Å². The van der Waals surface area contributed by atoms with Crippen molar-refractivity contribution < 1.29 is 27.3 Å². The number of piperidine rings is 2. The van der Waals surface area contributed by atoms with Crippen LogP contribution < -0.4 is 0 Å². The van der Waals surface area contributed by atoms with Crippen LogP contribution in [0, 0.1) is 21.3 Å². The maximum absolute atomic E-state index is 7.13. The van der Waals surface area contributed by atoms with Gasteiger partial charge in [0.1, 0.15) is 0 Å². The largest absolute Gasteiger partial charge is 0.696 e. The molecule has 0 aromatic carbocycles. The zero-order valence-corrected chi connectivity index (χ0v) is 18.8. The molecule has 2 fully saturated rings. The van der Waals surface area contributed by atoms with Gasteiger partial charge in [-0.15, -0.1) is 25.2 Å². The molecule has 2 atom stereocenters. The van der Waals surface area contributed by atoms with Crippen molar-refractivity contribution in [1.29, 1.82) is 10.5 Å². The third-order valence-corrected chi connectivity index (χ3v) is 2.94. The fraction of sp³-hybridized carbons (Fsp3) is 0.857. The summed E-state index contributed by atoms with van der Waals surface area (Å²) in [5.41, 5.74) is 0. The van der Waals surface area contributed by atoms with Gasteiger partial charge in [0.2, 0.25) is 0 Å². The smallest absolute Gasteiger partial charge is 0 e. The van der Waals surface area contributed by atoms with Gasteiger partial charge < -0.3 is 35.9 Å². The van der Waals surface area contributed by atoms with Gasteiger partial charge in [-0.05, 0) is 0 Å². The molecule has 21 heavy (non-hydrogen) atoms. The fourth-order valence-corrected chi connectivity index (χ4v) is 1.91. The molecule has 2 saturated heterocycles.